The first-order valence-corrected chi connectivity index (χ1v) is 7.44. The first-order chi connectivity index (χ1) is 10.7. The van der Waals surface area contributed by atoms with E-state index in [0.717, 1.165) is 0 Å². The molecule has 0 fully saturated rings. The van der Waals surface area contributed by atoms with Crippen LogP contribution in [0, 0.1) is 0 Å². The van der Waals surface area contributed by atoms with Crippen molar-refractivity contribution in [2.45, 2.75) is 46.6 Å². The molecule has 0 aliphatic carbocycles. The second-order valence-electron chi connectivity index (χ2n) is 5.65. The monoisotopic (exact) mass is 357 g/mol. The van der Waals surface area contributed by atoms with Crippen LogP contribution in [0.5, 0.6) is 11.5 Å². The van der Waals surface area contributed by atoms with Crippen molar-refractivity contribution < 1.29 is 23.9 Å². The van der Waals surface area contributed by atoms with Gasteiger partial charge in [0.2, 0.25) is 0 Å². The topological polar surface area (TPSA) is 81.7 Å². The number of carbonyl (C=O) groups is 3. The molecule has 7 heteroatoms. The number of benzene rings is 1. The van der Waals surface area contributed by atoms with E-state index in [4.69, 9.17) is 9.47 Å². The van der Waals surface area contributed by atoms with Gasteiger partial charge in [-0.3, -0.25) is 14.4 Å². The van der Waals surface area contributed by atoms with E-state index in [2.05, 4.69) is 5.32 Å². The number of carbonyl (C=O) groups excluding carboxylic acids is 3. The molecule has 1 aromatic carbocycles. The van der Waals surface area contributed by atoms with Crippen molar-refractivity contribution in [2.75, 3.05) is 6.54 Å². The maximum atomic E-state index is 12.0. The minimum atomic E-state index is -0.490. The largest absolute Gasteiger partial charge is 0.427 e. The second kappa shape index (κ2) is 10.1. The number of nitrogens with one attached hydrogen (secondary N) is 1. The third kappa shape index (κ3) is 7.57. The van der Waals surface area contributed by atoms with Gasteiger partial charge in [0.15, 0.2) is 0 Å². The summed E-state index contributed by atoms with van der Waals surface area (Å²) in [5.74, 6) is -0.968. The average Bonchev–Trinajstić information content (AvgIpc) is 2.35. The van der Waals surface area contributed by atoms with Gasteiger partial charge in [-0.15, -0.1) is 12.4 Å². The molecule has 1 aromatic rings. The van der Waals surface area contributed by atoms with Crippen LogP contribution in [-0.4, -0.2) is 30.3 Å². The Hall–Kier alpha value is -1.92. The van der Waals surface area contributed by atoms with E-state index < -0.39 is 17.9 Å². The van der Waals surface area contributed by atoms with Gasteiger partial charge in [-0.1, -0.05) is 13.8 Å². The number of ketones is 1. The molecule has 0 saturated heterocycles. The van der Waals surface area contributed by atoms with Crippen LogP contribution in [0.25, 0.3) is 0 Å². The summed E-state index contributed by atoms with van der Waals surface area (Å²) in [5.41, 5.74) is 0.626. The van der Waals surface area contributed by atoms with Gasteiger partial charge < -0.3 is 14.8 Å². The van der Waals surface area contributed by atoms with Gasteiger partial charge in [-0.2, -0.15) is 0 Å². The minimum Gasteiger partial charge on any atom is -0.427 e. The average molecular weight is 358 g/mol. The van der Waals surface area contributed by atoms with Gasteiger partial charge in [0.05, 0.1) is 5.92 Å². The maximum Gasteiger partial charge on any atom is 0.308 e. The molecule has 0 aromatic heterocycles. The Morgan fingerprint density at radius 2 is 1.42 bits per heavy atom. The van der Waals surface area contributed by atoms with Crippen molar-refractivity contribution in [3.8, 4) is 11.5 Å². The Morgan fingerprint density at radius 3 is 1.75 bits per heavy atom. The molecule has 0 radical (unpaired) electrons. The van der Waals surface area contributed by atoms with Crippen LogP contribution < -0.4 is 14.8 Å². The number of hydrogen-bond donors (Lipinski definition) is 1. The van der Waals surface area contributed by atoms with Crippen molar-refractivity contribution in [2.24, 2.45) is 0 Å². The molecule has 134 valence electrons. The Bertz CT molecular complexity index is 566. The fourth-order valence-electron chi connectivity index (χ4n) is 2.09. The number of ether oxygens (including phenoxy) is 2. The molecule has 0 bridgehead atoms. The van der Waals surface area contributed by atoms with Crippen LogP contribution in [0.3, 0.4) is 0 Å². The van der Waals surface area contributed by atoms with E-state index >= 15 is 0 Å². The Balaban J connectivity index is 0.00000529. The summed E-state index contributed by atoms with van der Waals surface area (Å²) in [6, 6.07) is 4.89. The van der Waals surface area contributed by atoms with Crippen molar-refractivity contribution in [3.05, 3.63) is 23.8 Å². The number of halogens is 1. The van der Waals surface area contributed by atoms with Crippen molar-refractivity contribution >= 4 is 30.1 Å². The molecule has 1 N–H and O–H groups in total. The second-order valence-corrected chi connectivity index (χ2v) is 5.65. The quantitative estimate of drug-likeness (QED) is 0.596. The van der Waals surface area contributed by atoms with E-state index in [0.29, 0.717) is 12.1 Å². The molecule has 1 atom stereocenters. The normalized spacial score (nSPS) is 11.4. The SMILES string of the molecule is CC(=O)Oc1cc(OC(C)=O)cc(C(CNC(C)C)C(C)=O)c1.Cl. The van der Waals surface area contributed by atoms with E-state index in [9.17, 15) is 14.4 Å². The lowest BCUT2D eigenvalue weighted by Crippen LogP contribution is -2.30. The molecule has 1 rings (SSSR count). The van der Waals surface area contributed by atoms with Crippen molar-refractivity contribution in [1.82, 2.24) is 5.32 Å². The van der Waals surface area contributed by atoms with Gasteiger partial charge in [0.1, 0.15) is 17.3 Å². The molecule has 1 unspecified atom stereocenters. The van der Waals surface area contributed by atoms with Crippen LogP contribution in [0.1, 0.15) is 46.1 Å². The van der Waals surface area contributed by atoms with E-state index in [1.807, 2.05) is 13.8 Å². The van der Waals surface area contributed by atoms with E-state index in [1.54, 1.807) is 12.1 Å². The number of esters is 2. The summed E-state index contributed by atoms with van der Waals surface area (Å²) in [5, 5.41) is 3.21. The van der Waals surface area contributed by atoms with Crippen LogP contribution in [-0.2, 0) is 14.4 Å². The van der Waals surface area contributed by atoms with Crippen molar-refractivity contribution in [1.29, 1.82) is 0 Å². The number of Topliss-reactive ketones (excluding diaryl/α,β-unsaturated/α-hetero) is 1. The Labute approximate surface area is 148 Å². The molecule has 0 spiro atoms. The summed E-state index contributed by atoms with van der Waals surface area (Å²) < 4.78 is 10.1. The number of hydrogen-bond acceptors (Lipinski definition) is 6. The van der Waals surface area contributed by atoms with Gasteiger partial charge in [-0.25, -0.2) is 0 Å². The zero-order chi connectivity index (χ0) is 17.6. The van der Waals surface area contributed by atoms with Crippen LogP contribution in [0.4, 0.5) is 0 Å². The maximum absolute atomic E-state index is 12.0. The zero-order valence-corrected chi connectivity index (χ0v) is 15.4. The fraction of sp³-hybridized carbons (Fsp3) is 0.471. The van der Waals surface area contributed by atoms with Gasteiger partial charge in [0, 0.05) is 32.5 Å². The molecular weight excluding hydrogens is 334 g/mol. The first kappa shape index (κ1) is 22.1. The predicted molar refractivity (Wildman–Crippen MR) is 92.9 cm³/mol. The van der Waals surface area contributed by atoms with Gasteiger partial charge >= 0.3 is 11.9 Å². The zero-order valence-electron chi connectivity index (χ0n) is 14.5. The van der Waals surface area contributed by atoms with Gasteiger partial charge in [-0.05, 0) is 24.6 Å². The Morgan fingerprint density at radius 1 is 0.958 bits per heavy atom. The summed E-state index contributed by atoms with van der Waals surface area (Å²) in [7, 11) is 0. The molecule has 0 aliphatic heterocycles. The van der Waals surface area contributed by atoms with Crippen LogP contribution >= 0.6 is 12.4 Å². The minimum absolute atomic E-state index is 0. The summed E-state index contributed by atoms with van der Waals surface area (Å²) in [4.78, 5) is 34.3. The van der Waals surface area contributed by atoms with Gasteiger partial charge in [0.25, 0.3) is 0 Å². The molecular formula is C17H24ClNO5. The number of rotatable bonds is 7. The van der Waals surface area contributed by atoms with Crippen LogP contribution in [0.15, 0.2) is 18.2 Å². The summed E-state index contributed by atoms with van der Waals surface area (Å²) >= 11 is 0. The highest BCUT2D eigenvalue weighted by Crippen LogP contribution is 2.28. The summed E-state index contributed by atoms with van der Waals surface area (Å²) in [6.07, 6.45) is 0. The van der Waals surface area contributed by atoms with E-state index in [-0.39, 0.29) is 35.7 Å². The highest BCUT2D eigenvalue weighted by molar-refractivity contribution is 5.85. The van der Waals surface area contributed by atoms with Crippen LogP contribution in [0.2, 0.25) is 0 Å². The highest BCUT2D eigenvalue weighted by Gasteiger charge is 2.20. The van der Waals surface area contributed by atoms with E-state index in [1.165, 1.54) is 26.8 Å². The molecule has 0 aliphatic rings. The molecule has 24 heavy (non-hydrogen) atoms. The predicted octanol–water partition coefficient (Wildman–Crippen LogP) is 2.63. The standard InChI is InChI=1S/C17H23NO5.ClH/c1-10(2)18-9-17(11(3)19)14-6-15(22-12(4)20)8-16(7-14)23-13(5)21;/h6-8,10,17-18H,9H2,1-5H3;1H. The fourth-order valence-corrected chi connectivity index (χ4v) is 2.09. The third-order valence-corrected chi connectivity index (χ3v) is 3.05. The van der Waals surface area contributed by atoms with Crippen molar-refractivity contribution in [3.63, 3.8) is 0 Å². The Kier molecular flexibility index (Phi) is 9.25. The third-order valence-electron chi connectivity index (χ3n) is 3.05. The lowest BCUT2D eigenvalue weighted by Gasteiger charge is -2.18. The smallest absolute Gasteiger partial charge is 0.308 e. The lowest BCUT2D eigenvalue weighted by molar-refractivity contribution is -0.132. The lowest BCUT2D eigenvalue weighted by atomic mass is 9.94. The molecule has 0 saturated carbocycles. The molecule has 0 heterocycles. The first-order valence-electron chi connectivity index (χ1n) is 7.44. The molecule has 0 amide bonds. The molecule has 6 nitrogen and oxygen atoms in total. The highest BCUT2D eigenvalue weighted by atomic mass is 35.5. The summed E-state index contributed by atoms with van der Waals surface area (Å²) in [6.45, 7) is 8.46.